The van der Waals surface area contributed by atoms with Gasteiger partial charge < -0.3 is 14.8 Å². The van der Waals surface area contributed by atoms with Gasteiger partial charge in [-0.25, -0.2) is 0 Å². The van der Waals surface area contributed by atoms with Crippen LogP contribution in [0.1, 0.15) is 27.7 Å². The van der Waals surface area contributed by atoms with Gasteiger partial charge in [-0.2, -0.15) is 0 Å². The number of rotatable bonds is 1. The molecule has 0 saturated heterocycles. The fourth-order valence-corrected chi connectivity index (χ4v) is 3.01. The molecule has 114 valence electrons. The van der Waals surface area contributed by atoms with Crippen LogP contribution in [-0.4, -0.2) is 11.0 Å². The number of fused-ring (bicyclic) bond motifs is 2. The molecule has 2 N–H and O–H groups in total. The highest BCUT2D eigenvalue weighted by molar-refractivity contribution is 6.31. The van der Waals surface area contributed by atoms with Gasteiger partial charge in [0.1, 0.15) is 11.3 Å². The van der Waals surface area contributed by atoms with Crippen LogP contribution in [0.3, 0.4) is 0 Å². The van der Waals surface area contributed by atoms with E-state index in [9.17, 15) is 14.7 Å². The molecular formula is C17H10ClNO4. The molecule has 5 nitrogen and oxygen atoms in total. The maximum absolute atomic E-state index is 12.8. The molecule has 2 heterocycles. The van der Waals surface area contributed by atoms with Crippen LogP contribution in [-0.2, 0) is 0 Å². The second-order valence-electron chi connectivity index (χ2n) is 5.32. The van der Waals surface area contributed by atoms with E-state index in [2.05, 4.69) is 5.32 Å². The summed E-state index contributed by atoms with van der Waals surface area (Å²) >= 11 is 5.95. The number of hydrogen-bond acceptors (Lipinski definition) is 4. The maximum Gasteiger partial charge on any atom is 0.288 e. The Labute approximate surface area is 135 Å². The summed E-state index contributed by atoms with van der Waals surface area (Å²) < 4.78 is 5.60. The number of aromatic hydroxyl groups is 1. The van der Waals surface area contributed by atoms with Gasteiger partial charge in [0, 0.05) is 5.02 Å². The van der Waals surface area contributed by atoms with Gasteiger partial charge in [-0.15, -0.1) is 0 Å². The Morgan fingerprint density at radius 1 is 1.13 bits per heavy atom. The van der Waals surface area contributed by atoms with Crippen LogP contribution in [0, 0.1) is 0 Å². The smallest absolute Gasteiger partial charge is 0.288 e. The largest absolute Gasteiger partial charge is 0.508 e. The van der Waals surface area contributed by atoms with Crippen molar-refractivity contribution in [3.05, 3.63) is 74.6 Å². The summed E-state index contributed by atoms with van der Waals surface area (Å²) in [6.45, 7) is 0. The molecular weight excluding hydrogens is 318 g/mol. The summed E-state index contributed by atoms with van der Waals surface area (Å²) in [5.74, 6) is -0.404. The van der Waals surface area contributed by atoms with E-state index < -0.39 is 11.9 Å². The van der Waals surface area contributed by atoms with Crippen molar-refractivity contribution in [3.8, 4) is 5.75 Å². The number of hydrogen-bond donors (Lipinski definition) is 2. The summed E-state index contributed by atoms with van der Waals surface area (Å²) in [6, 6.07) is 10.4. The van der Waals surface area contributed by atoms with Gasteiger partial charge in [0.25, 0.3) is 5.91 Å². The lowest BCUT2D eigenvalue weighted by Gasteiger charge is -2.11. The minimum absolute atomic E-state index is 0.00170. The molecule has 0 saturated carbocycles. The molecule has 1 atom stereocenters. The summed E-state index contributed by atoms with van der Waals surface area (Å²) in [4.78, 5) is 25.0. The zero-order valence-corrected chi connectivity index (χ0v) is 12.4. The first-order chi connectivity index (χ1) is 11.0. The molecule has 0 radical (unpaired) electrons. The molecule has 0 fully saturated rings. The summed E-state index contributed by atoms with van der Waals surface area (Å²) in [6.07, 6.45) is 0. The fourth-order valence-electron chi connectivity index (χ4n) is 2.84. The third-order valence-electron chi connectivity index (χ3n) is 3.86. The van der Waals surface area contributed by atoms with Crippen LogP contribution < -0.4 is 10.7 Å². The lowest BCUT2D eigenvalue weighted by Crippen LogP contribution is -2.21. The minimum Gasteiger partial charge on any atom is -0.508 e. The number of phenols is 1. The molecule has 23 heavy (non-hydrogen) atoms. The number of halogens is 1. The lowest BCUT2D eigenvalue weighted by atomic mass is 9.99. The van der Waals surface area contributed by atoms with E-state index in [0.717, 1.165) is 0 Å². The predicted octanol–water partition coefficient (Wildman–Crippen LogP) is 2.98. The van der Waals surface area contributed by atoms with Gasteiger partial charge in [0.15, 0.2) is 5.43 Å². The van der Waals surface area contributed by atoms with Crippen LogP contribution in [0.4, 0.5) is 0 Å². The Bertz CT molecular complexity index is 1020. The van der Waals surface area contributed by atoms with E-state index in [1.165, 1.54) is 18.2 Å². The monoisotopic (exact) mass is 327 g/mol. The average molecular weight is 328 g/mol. The predicted molar refractivity (Wildman–Crippen MR) is 84.9 cm³/mol. The molecule has 1 aliphatic heterocycles. The fraction of sp³-hybridized carbons (Fsp3) is 0.0588. The molecule has 0 unspecified atom stereocenters. The van der Waals surface area contributed by atoms with Crippen molar-refractivity contribution in [2.45, 2.75) is 6.04 Å². The average Bonchev–Trinajstić information content (AvgIpc) is 2.86. The first-order valence-electron chi connectivity index (χ1n) is 6.90. The second kappa shape index (κ2) is 4.86. The van der Waals surface area contributed by atoms with Gasteiger partial charge in [0.2, 0.25) is 5.76 Å². The SMILES string of the molecule is O=C1N[C@@H](c2cccc(O)c2)c2c1oc1ccc(Cl)cc1c2=O. The van der Waals surface area contributed by atoms with Crippen LogP contribution in [0.5, 0.6) is 5.75 Å². The van der Waals surface area contributed by atoms with Crippen LogP contribution in [0.15, 0.2) is 51.7 Å². The molecule has 0 bridgehead atoms. The normalized spacial score (nSPS) is 16.4. The molecule has 2 aromatic carbocycles. The zero-order chi connectivity index (χ0) is 16.1. The van der Waals surface area contributed by atoms with Crippen molar-refractivity contribution in [2.24, 2.45) is 0 Å². The van der Waals surface area contributed by atoms with E-state index in [4.69, 9.17) is 16.0 Å². The van der Waals surface area contributed by atoms with Crippen molar-refractivity contribution >= 4 is 28.5 Å². The third kappa shape index (κ3) is 2.09. The molecule has 4 rings (SSSR count). The van der Waals surface area contributed by atoms with E-state index in [1.807, 2.05) is 0 Å². The minimum atomic E-state index is -0.663. The molecule has 0 spiro atoms. The topological polar surface area (TPSA) is 79.5 Å². The van der Waals surface area contributed by atoms with Gasteiger partial charge >= 0.3 is 0 Å². The Morgan fingerprint density at radius 2 is 1.96 bits per heavy atom. The zero-order valence-electron chi connectivity index (χ0n) is 11.7. The number of benzene rings is 2. The molecule has 3 aromatic rings. The highest BCUT2D eigenvalue weighted by atomic mass is 35.5. The molecule has 0 aliphatic carbocycles. The highest BCUT2D eigenvalue weighted by Crippen LogP contribution is 2.32. The lowest BCUT2D eigenvalue weighted by molar-refractivity contribution is 0.0938. The Kier molecular flexibility index (Phi) is 2.92. The maximum atomic E-state index is 12.8. The van der Waals surface area contributed by atoms with E-state index in [1.54, 1.807) is 24.3 Å². The number of carbonyl (C=O) groups excluding carboxylic acids is 1. The molecule has 1 amide bonds. The Balaban J connectivity index is 2.01. The number of phenolic OH excluding ortho intramolecular Hbond substituents is 1. The Hall–Kier alpha value is -2.79. The number of amides is 1. The molecule has 6 heteroatoms. The van der Waals surface area contributed by atoms with E-state index in [-0.39, 0.29) is 22.5 Å². The van der Waals surface area contributed by atoms with Crippen molar-refractivity contribution < 1.29 is 14.3 Å². The van der Waals surface area contributed by atoms with E-state index in [0.29, 0.717) is 21.6 Å². The van der Waals surface area contributed by atoms with Gasteiger partial charge in [-0.1, -0.05) is 23.7 Å². The summed E-state index contributed by atoms with van der Waals surface area (Å²) in [7, 11) is 0. The van der Waals surface area contributed by atoms with Gasteiger partial charge in [-0.3, -0.25) is 9.59 Å². The van der Waals surface area contributed by atoms with Crippen LogP contribution in [0.25, 0.3) is 11.0 Å². The number of nitrogens with one attached hydrogen (secondary N) is 1. The van der Waals surface area contributed by atoms with Crippen molar-refractivity contribution in [2.75, 3.05) is 0 Å². The number of carbonyl (C=O) groups is 1. The summed E-state index contributed by atoms with van der Waals surface area (Å²) in [5, 5.41) is 13.1. The highest BCUT2D eigenvalue weighted by Gasteiger charge is 2.35. The standard InChI is InChI=1S/C17H10ClNO4/c18-9-4-5-12-11(7-9)15(21)13-14(19-17(22)16(13)23-12)8-2-1-3-10(20)6-8/h1-7,14,20H,(H,19,22)/t14-/m0/s1. The van der Waals surface area contributed by atoms with Gasteiger partial charge in [0.05, 0.1) is 17.0 Å². The second-order valence-corrected chi connectivity index (χ2v) is 5.75. The molecule has 1 aromatic heterocycles. The van der Waals surface area contributed by atoms with E-state index >= 15 is 0 Å². The van der Waals surface area contributed by atoms with Crippen LogP contribution >= 0.6 is 11.6 Å². The molecule has 1 aliphatic rings. The van der Waals surface area contributed by atoms with Crippen LogP contribution in [0.2, 0.25) is 5.02 Å². The van der Waals surface area contributed by atoms with Crippen molar-refractivity contribution in [1.82, 2.24) is 5.32 Å². The van der Waals surface area contributed by atoms with Gasteiger partial charge in [-0.05, 0) is 35.9 Å². The first-order valence-corrected chi connectivity index (χ1v) is 7.28. The quantitative estimate of drug-likeness (QED) is 0.720. The third-order valence-corrected chi connectivity index (χ3v) is 4.10. The van der Waals surface area contributed by atoms with Crippen molar-refractivity contribution in [3.63, 3.8) is 0 Å². The summed E-state index contributed by atoms with van der Waals surface area (Å²) in [5.41, 5.74) is 0.835. The Morgan fingerprint density at radius 3 is 2.74 bits per heavy atom. The first kappa shape index (κ1) is 13.8. The van der Waals surface area contributed by atoms with Crippen molar-refractivity contribution in [1.29, 1.82) is 0 Å².